The molecule has 8 rings (SSSR count). The molecule has 4 fully saturated rings. The zero-order valence-corrected chi connectivity index (χ0v) is 32.9. The van der Waals surface area contributed by atoms with Crippen LogP contribution in [0.4, 0.5) is 5.69 Å². The number of pyridine rings is 1. The van der Waals surface area contributed by atoms with Crippen LogP contribution in [0, 0.1) is 25.2 Å². The summed E-state index contributed by atoms with van der Waals surface area (Å²) in [4.78, 5) is 59.2. The molecule has 1 spiro atoms. The third kappa shape index (κ3) is 7.03. The number of hydrogen-bond acceptors (Lipinski definition) is 9. The topological polar surface area (TPSA) is 117 Å². The summed E-state index contributed by atoms with van der Waals surface area (Å²) in [6.07, 6.45) is 5.38. The maximum Gasteiger partial charge on any atom is 0.255 e. The number of fused-ring (bicyclic) bond motifs is 1. The van der Waals surface area contributed by atoms with E-state index < -0.39 is 6.04 Å². The third-order valence-corrected chi connectivity index (χ3v) is 13.3. The quantitative estimate of drug-likeness (QED) is 0.321. The first-order chi connectivity index (χ1) is 26.5. The minimum absolute atomic E-state index is 0.0193. The van der Waals surface area contributed by atoms with Crippen LogP contribution in [0.2, 0.25) is 0 Å². The Labute approximate surface area is 323 Å². The molecule has 1 N–H and O–H groups in total. The van der Waals surface area contributed by atoms with Crippen LogP contribution in [0.25, 0.3) is 11.1 Å². The maximum absolute atomic E-state index is 13.4. The number of hydrogen-bond donors (Lipinski definition) is 1. The minimum atomic E-state index is -0.585. The molecule has 3 amide bonds. The molecule has 0 aliphatic carbocycles. The molecular formula is C43H54N6O6. The highest BCUT2D eigenvalue weighted by Gasteiger charge is 2.46. The lowest BCUT2D eigenvalue weighted by molar-refractivity contribution is -0.136. The van der Waals surface area contributed by atoms with Gasteiger partial charge < -0.3 is 28.7 Å². The molecule has 0 saturated carbocycles. The number of aromatic nitrogens is 1. The fourth-order valence-corrected chi connectivity index (χ4v) is 9.70. The summed E-state index contributed by atoms with van der Waals surface area (Å²) in [5, 5.41) is 2.39. The molecule has 3 aromatic rings. The molecule has 1 aromatic heterocycles. The Kier molecular flexibility index (Phi) is 10.00. The lowest BCUT2D eigenvalue weighted by atomic mass is 9.71. The molecule has 5 aliphatic heterocycles. The van der Waals surface area contributed by atoms with Crippen LogP contribution < -0.4 is 25.2 Å². The summed E-state index contributed by atoms with van der Waals surface area (Å²) in [5.41, 5.74) is 7.72. The summed E-state index contributed by atoms with van der Waals surface area (Å²) in [7, 11) is 5.24. The van der Waals surface area contributed by atoms with Gasteiger partial charge in [-0.1, -0.05) is 6.07 Å². The highest BCUT2D eigenvalue weighted by molar-refractivity contribution is 6.05. The van der Waals surface area contributed by atoms with Gasteiger partial charge in [-0.3, -0.25) is 29.4 Å². The van der Waals surface area contributed by atoms with E-state index in [1.807, 2.05) is 39.1 Å². The van der Waals surface area contributed by atoms with Gasteiger partial charge in [0.1, 0.15) is 17.5 Å². The molecule has 4 saturated heterocycles. The Morgan fingerprint density at radius 1 is 0.836 bits per heavy atom. The predicted octanol–water partition coefficient (Wildman–Crippen LogP) is 4.26. The van der Waals surface area contributed by atoms with Crippen molar-refractivity contribution in [3.05, 3.63) is 74.7 Å². The van der Waals surface area contributed by atoms with Gasteiger partial charge in [-0.25, -0.2) is 0 Å². The first-order valence-corrected chi connectivity index (χ1v) is 19.9. The molecule has 292 valence electrons. The number of nitrogens with zero attached hydrogens (tertiary/aromatic N) is 5. The van der Waals surface area contributed by atoms with Gasteiger partial charge in [-0.2, -0.15) is 0 Å². The van der Waals surface area contributed by atoms with Gasteiger partial charge >= 0.3 is 0 Å². The van der Waals surface area contributed by atoms with Crippen molar-refractivity contribution < 1.29 is 23.9 Å². The SMILES string of the molecule is COc1cc(-c2cc(C)c(=O)n(C)c2C)cc(OC)c1CN1CCC(CN2CCC3(CC2)CN(c2ccc4c(c2)C(=O)N(C2CCC(=O)NC2=O)C4)C3)CC1. The Hall–Kier alpha value is -4.68. The number of carbonyl (C=O) groups excluding carboxylic acids is 3. The summed E-state index contributed by atoms with van der Waals surface area (Å²) in [6, 6.07) is 11.7. The normalized spacial score (nSPS) is 21.8. The number of carbonyl (C=O) groups is 3. The molecular weight excluding hydrogens is 697 g/mol. The Balaban J connectivity index is 0.814. The van der Waals surface area contributed by atoms with E-state index in [0.717, 1.165) is 97.5 Å². The van der Waals surface area contributed by atoms with Crippen LogP contribution in [0.3, 0.4) is 0 Å². The van der Waals surface area contributed by atoms with Gasteiger partial charge in [-0.15, -0.1) is 0 Å². The second kappa shape index (κ2) is 14.8. The van der Waals surface area contributed by atoms with Gasteiger partial charge in [0.05, 0.1) is 19.8 Å². The first kappa shape index (κ1) is 37.3. The number of methoxy groups -OCH3 is 2. The lowest BCUT2D eigenvalue weighted by Crippen LogP contribution is -2.60. The number of benzene rings is 2. The predicted molar refractivity (Wildman–Crippen MR) is 211 cm³/mol. The highest BCUT2D eigenvalue weighted by atomic mass is 16.5. The van der Waals surface area contributed by atoms with Crippen LogP contribution in [-0.2, 0) is 29.7 Å². The number of anilines is 1. The summed E-state index contributed by atoms with van der Waals surface area (Å²) < 4.78 is 13.6. The fourth-order valence-electron chi connectivity index (χ4n) is 9.70. The van der Waals surface area contributed by atoms with E-state index in [4.69, 9.17) is 9.47 Å². The average molecular weight is 751 g/mol. The monoisotopic (exact) mass is 750 g/mol. The van der Waals surface area contributed by atoms with E-state index in [-0.39, 0.29) is 29.7 Å². The number of piperidine rings is 3. The van der Waals surface area contributed by atoms with Gasteiger partial charge in [-0.05, 0) is 120 Å². The van der Waals surface area contributed by atoms with Crippen LogP contribution in [-0.4, -0.2) is 103 Å². The van der Waals surface area contributed by atoms with Gasteiger partial charge in [0.2, 0.25) is 11.8 Å². The Morgan fingerprint density at radius 2 is 1.53 bits per heavy atom. The van der Waals surface area contributed by atoms with Gasteiger partial charge in [0.25, 0.3) is 11.5 Å². The number of aryl methyl sites for hydroxylation is 1. The highest BCUT2D eigenvalue weighted by Crippen LogP contribution is 2.44. The van der Waals surface area contributed by atoms with Crippen LogP contribution in [0.5, 0.6) is 11.5 Å². The third-order valence-electron chi connectivity index (χ3n) is 13.3. The van der Waals surface area contributed by atoms with E-state index in [1.165, 1.54) is 25.7 Å². The Morgan fingerprint density at radius 3 is 2.18 bits per heavy atom. The number of likely N-dealkylation sites (tertiary alicyclic amines) is 2. The van der Waals surface area contributed by atoms with Gasteiger partial charge in [0.15, 0.2) is 0 Å². The molecule has 12 heteroatoms. The zero-order chi connectivity index (χ0) is 38.6. The smallest absolute Gasteiger partial charge is 0.255 e. The molecule has 12 nitrogen and oxygen atoms in total. The van der Waals surface area contributed by atoms with E-state index in [0.29, 0.717) is 35.4 Å². The zero-order valence-electron chi connectivity index (χ0n) is 32.9. The molecule has 1 atom stereocenters. The lowest BCUT2D eigenvalue weighted by Gasteiger charge is -2.55. The van der Waals surface area contributed by atoms with E-state index in [1.54, 1.807) is 23.7 Å². The van der Waals surface area contributed by atoms with Crippen molar-refractivity contribution >= 4 is 23.4 Å². The van der Waals surface area contributed by atoms with Crippen molar-refractivity contribution in [2.75, 3.05) is 64.9 Å². The Bertz CT molecular complexity index is 2040. The van der Waals surface area contributed by atoms with Crippen LogP contribution in [0.1, 0.15) is 71.3 Å². The second-order valence-electron chi connectivity index (χ2n) is 16.7. The van der Waals surface area contributed by atoms with Crippen LogP contribution >= 0.6 is 0 Å². The van der Waals surface area contributed by atoms with Crippen molar-refractivity contribution in [3.8, 4) is 22.6 Å². The number of amides is 3. The molecule has 5 aliphatic rings. The molecule has 1 unspecified atom stereocenters. The second-order valence-corrected chi connectivity index (χ2v) is 16.7. The van der Waals surface area contributed by atoms with Crippen LogP contribution in [0.15, 0.2) is 41.2 Å². The summed E-state index contributed by atoms with van der Waals surface area (Å²) in [5.74, 6) is 1.55. The summed E-state index contributed by atoms with van der Waals surface area (Å²) >= 11 is 0. The summed E-state index contributed by atoms with van der Waals surface area (Å²) in [6.45, 7) is 12.5. The molecule has 0 radical (unpaired) electrons. The molecule has 6 heterocycles. The minimum Gasteiger partial charge on any atom is -0.496 e. The van der Waals surface area contributed by atoms with E-state index in [9.17, 15) is 19.2 Å². The molecule has 55 heavy (non-hydrogen) atoms. The van der Waals surface area contributed by atoms with E-state index >= 15 is 0 Å². The standard InChI is InChI=1S/C43H54N6O6/c1-27-18-33(28(2)45(3)41(27)52)31-19-37(54-4)35(38(20-31)55-5)24-46-14-10-29(11-15-46)22-47-16-12-43(13-17-47)25-48(26-43)32-7-6-30-23-49(42(53)34(30)21-32)36-8-9-39(50)44-40(36)51/h6-7,18-21,29,36H,8-17,22-26H2,1-5H3,(H,44,50,51). The number of imide groups is 1. The largest absolute Gasteiger partial charge is 0.496 e. The van der Waals surface area contributed by atoms with Crippen molar-refractivity contribution in [1.29, 1.82) is 0 Å². The first-order valence-electron chi connectivity index (χ1n) is 19.9. The van der Waals surface area contributed by atoms with Crippen molar-refractivity contribution in [3.63, 3.8) is 0 Å². The number of nitrogens with one attached hydrogen (secondary N) is 1. The maximum atomic E-state index is 13.4. The fraction of sp³-hybridized carbons (Fsp3) is 0.535. The number of ether oxygens (including phenoxy) is 2. The van der Waals surface area contributed by atoms with Crippen molar-refractivity contribution in [1.82, 2.24) is 24.6 Å². The van der Waals surface area contributed by atoms with Crippen molar-refractivity contribution in [2.24, 2.45) is 18.4 Å². The average Bonchev–Trinajstić information content (AvgIpc) is 3.50. The van der Waals surface area contributed by atoms with Gasteiger partial charge in [0, 0.05) is 79.7 Å². The van der Waals surface area contributed by atoms with Crippen molar-refractivity contribution in [2.45, 2.75) is 71.5 Å². The molecule has 0 bridgehead atoms. The van der Waals surface area contributed by atoms with E-state index in [2.05, 4.69) is 38.2 Å². The molecule has 2 aromatic carbocycles. The number of rotatable bonds is 9.